The fourth-order valence-electron chi connectivity index (χ4n) is 2.77. The maximum Gasteiger partial charge on any atom is 0.573 e. The topological polar surface area (TPSA) is 49.9 Å². The molecule has 0 aliphatic heterocycles. The number of rotatable bonds is 3. The van der Waals surface area contributed by atoms with Crippen molar-refractivity contribution >= 4 is 44.9 Å². The molecule has 0 spiro atoms. The van der Waals surface area contributed by atoms with Crippen LogP contribution in [-0.2, 0) is 0 Å². The second-order valence-electron chi connectivity index (χ2n) is 5.56. The molecule has 0 aliphatic carbocycles. The Hall–Kier alpha value is -2.93. The molecule has 2 aromatic carbocycles. The van der Waals surface area contributed by atoms with Crippen molar-refractivity contribution in [2.24, 2.45) is 0 Å². The molecule has 0 fully saturated rings. The van der Waals surface area contributed by atoms with Gasteiger partial charge in [0.05, 0.1) is 16.1 Å². The number of fused-ring (bicyclic) bond motifs is 3. The van der Waals surface area contributed by atoms with Crippen LogP contribution in [0.25, 0.3) is 21.8 Å². The Kier molecular flexibility index (Phi) is 3.88. The highest BCUT2D eigenvalue weighted by atomic mass is 35.5. The summed E-state index contributed by atoms with van der Waals surface area (Å²) >= 11 is 6.26. The zero-order valence-corrected chi connectivity index (χ0v) is 13.8. The van der Waals surface area contributed by atoms with E-state index in [9.17, 15) is 13.2 Å². The Balaban J connectivity index is 1.72. The van der Waals surface area contributed by atoms with Crippen LogP contribution in [0.2, 0.25) is 5.02 Å². The fraction of sp³-hybridized carbons (Fsp3) is 0.0556. The number of nitrogens with one attached hydrogen (secondary N) is 2. The van der Waals surface area contributed by atoms with E-state index in [0.29, 0.717) is 22.0 Å². The second kappa shape index (κ2) is 6.10. The Morgan fingerprint density at radius 3 is 2.50 bits per heavy atom. The van der Waals surface area contributed by atoms with Gasteiger partial charge in [-0.3, -0.25) is 0 Å². The van der Waals surface area contributed by atoms with Crippen molar-refractivity contribution < 1.29 is 17.9 Å². The third-order valence-corrected chi connectivity index (χ3v) is 4.14. The lowest BCUT2D eigenvalue weighted by atomic mass is 10.1. The molecular weight excluding hydrogens is 367 g/mol. The summed E-state index contributed by atoms with van der Waals surface area (Å²) in [6, 6.07) is 12.9. The second-order valence-corrected chi connectivity index (χ2v) is 5.97. The molecule has 2 N–H and O–H groups in total. The van der Waals surface area contributed by atoms with Gasteiger partial charge in [0.15, 0.2) is 5.82 Å². The van der Waals surface area contributed by atoms with Gasteiger partial charge in [-0.25, -0.2) is 4.98 Å². The van der Waals surface area contributed by atoms with E-state index in [4.69, 9.17) is 11.6 Å². The Morgan fingerprint density at radius 2 is 1.77 bits per heavy atom. The van der Waals surface area contributed by atoms with Gasteiger partial charge in [0.25, 0.3) is 0 Å². The molecule has 26 heavy (non-hydrogen) atoms. The number of hydrogen-bond acceptors (Lipinski definition) is 3. The smallest absolute Gasteiger partial charge is 0.406 e. The quantitative estimate of drug-likeness (QED) is 0.459. The number of alkyl halides is 3. The van der Waals surface area contributed by atoms with E-state index in [1.165, 1.54) is 24.3 Å². The minimum absolute atomic E-state index is 0.289. The summed E-state index contributed by atoms with van der Waals surface area (Å²) in [6.45, 7) is 0. The predicted molar refractivity (Wildman–Crippen MR) is 95.0 cm³/mol. The van der Waals surface area contributed by atoms with Gasteiger partial charge in [0.2, 0.25) is 0 Å². The van der Waals surface area contributed by atoms with Gasteiger partial charge in [-0.2, -0.15) is 0 Å². The summed E-state index contributed by atoms with van der Waals surface area (Å²) in [4.78, 5) is 7.69. The van der Waals surface area contributed by atoms with Crippen molar-refractivity contribution in [3.63, 3.8) is 0 Å². The third kappa shape index (κ3) is 3.13. The number of para-hydroxylation sites is 1. The molecule has 0 bridgehead atoms. The van der Waals surface area contributed by atoms with E-state index in [1.54, 1.807) is 12.3 Å². The van der Waals surface area contributed by atoms with Gasteiger partial charge in [-0.05, 0) is 36.4 Å². The molecule has 4 rings (SSSR count). The number of hydrogen-bond donors (Lipinski definition) is 2. The monoisotopic (exact) mass is 377 g/mol. The summed E-state index contributed by atoms with van der Waals surface area (Å²) < 4.78 is 40.6. The highest BCUT2D eigenvalue weighted by Crippen LogP contribution is 2.33. The summed E-state index contributed by atoms with van der Waals surface area (Å²) in [5, 5.41) is 5.47. The van der Waals surface area contributed by atoms with Crippen LogP contribution < -0.4 is 10.1 Å². The fourth-order valence-corrected chi connectivity index (χ4v) is 2.99. The number of pyridine rings is 1. The number of H-pyrrole nitrogens is 1. The lowest BCUT2D eigenvalue weighted by Gasteiger charge is -2.12. The molecule has 0 saturated heterocycles. The Bertz CT molecular complexity index is 1090. The van der Waals surface area contributed by atoms with Crippen LogP contribution in [0.15, 0.2) is 54.7 Å². The zero-order valence-electron chi connectivity index (χ0n) is 13.1. The molecule has 0 unspecified atom stereocenters. The summed E-state index contributed by atoms with van der Waals surface area (Å²) in [7, 11) is 0. The van der Waals surface area contributed by atoms with Crippen LogP contribution in [0.3, 0.4) is 0 Å². The molecule has 0 amide bonds. The van der Waals surface area contributed by atoms with Crippen LogP contribution in [0.5, 0.6) is 5.75 Å². The van der Waals surface area contributed by atoms with Crippen LogP contribution in [0.1, 0.15) is 0 Å². The van der Waals surface area contributed by atoms with E-state index in [-0.39, 0.29) is 5.75 Å². The number of anilines is 2. The predicted octanol–water partition coefficient (Wildman–Crippen LogP) is 6.01. The Morgan fingerprint density at radius 1 is 1.00 bits per heavy atom. The van der Waals surface area contributed by atoms with Crippen molar-refractivity contribution in [2.75, 3.05) is 5.32 Å². The van der Waals surface area contributed by atoms with E-state index >= 15 is 0 Å². The normalized spacial score (nSPS) is 11.8. The standard InChI is InChI=1S/C18H11ClF3N3O/c19-14-3-1-2-12-13-8-9-23-16(13)17(25-15(12)14)24-10-4-6-11(7-5-10)26-18(20,21)22/h1-9,23H,(H,24,25). The van der Waals surface area contributed by atoms with Gasteiger partial charge in [-0.1, -0.05) is 23.7 Å². The largest absolute Gasteiger partial charge is 0.573 e. The lowest BCUT2D eigenvalue weighted by molar-refractivity contribution is -0.274. The molecule has 2 heterocycles. The molecule has 0 atom stereocenters. The minimum Gasteiger partial charge on any atom is -0.406 e. The number of halogens is 4. The van der Waals surface area contributed by atoms with E-state index in [0.717, 1.165) is 16.3 Å². The first-order chi connectivity index (χ1) is 12.4. The molecule has 4 aromatic rings. The minimum atomic E-state index is -4.72. The van der Waals surface area contributed by atoms with Crippen molar-refractivity contribution in [1.82, 2.24) is 9.97 Å². The highest BCUT2D eigenvalue weighted by molar-refractivity contribution is 6.36. The number of nitrogens with zero attached hydrogens (tertiary/aromatic N) is 1. The van der Waals surface area contributed by atoms with Crippen molar-refractivity contribution in [2.45, 2.75) is 6.36 Å². The average molecular weight is 378 g/mol. The number of aromatic nitrogens is 2. The van der Waals surface area contributed by atoms with E-state index in [2.05, 4.69) is 20.0 Å². The first-order valence-electron chi connectivity index (χ1n) is 7.59. The number of aromatic amines is 1. The first-order valence-corrected chi connectivity index (χ1v) is 7.97. The first kappa shape index (κ1) is 16.5. The molecule has 8 heteroatoms. The third-order valence-electron chi connectivity index (χ3n) is 3.84. The summed E-state index contributed by atoms with van der Waals surface area (Å²) in [5.41, 5.74) is 1.98. The molecule has 0 saturated carbocycles. The van der Waals surface area contributed by atoms with E-state index in [1.807, 2.05) is 18.2 Å². The summed E-state index contributed by atoms with van der Waals surface area (Å²) in [5.74, 6) is 0.234. The maximum absolute atomic E-state index is 12.2. The van der Waals surface area contributed by atoms with Crippen molar-refractivity contribution in [1.29, 1.82) is 0 Å². The van der Waals surface area contributed by atoms with Gasteiger partial charge in [0.1, 0.15) is 5.75 Å². The number of benzene rings is 2. The van der Waals surface area contributed by atoms with Crippen molar-refractivity contribution in [3.8, 4) is 5.75 Å². The summed E-state index contributed by atoms with van der Waals surface area (Å²) in [6.07, 6.45) is -2.93. The molecule has 2 aromatic heterocycles. The Labute approximate surface area is 150 Å². The van der Waals surface area contributed by atoms with Crippen molar-refractivity contribution in [3.05, 3.63) is 59.8 Å². The SMILES string of the molecule is FC(F)(F)Oc1ccc(Nc2nc3c(Cl)cccc3c3cc[nH]c23)cc1. The van der Waals surface area contributed by atoms with Crippen LogP contribution in [0, 0.1) is 0 Å². The molecule has 4 nitrogen and oxygen atoms in total. The van der Waals surface area contributed by atoms with Gasteiger partial charge in [0, 0.05) is 22.7 Å². The molecular formula is C18H11ClF3N3O. The average Bonchev–Trinajstić information content (AvgIpc) is 3.07. The van der Waals surface area contributed by atoms with Crippen LogP contribution in [0.4, 0.5) is 24.7 Å². The van der Waals surface area contributed by atoms with Gasteiger partial charge < -0.3 is 15.0 Å². The van der Waals surface area contributed by atoms with Crippen LogP contribution in [-0.4, -0.2) is 16.3 Å². The molecule has 0 radical (unpaired) electrons. The molecule has 132 valence electrons. The lowest BCUT2D eigenvalue weighted by Crippen LogP contribution is -2.16. The molecule has 0 aliphatic rings. The number of ether oxygens (including phenoxy) is 1. The highest BCUT2D eigenvalue weighted by Gasteiger charge is 2.30. The van der Waals surface area contributed by atoms with Crippen LogP contribution >= 0.6 is 11.6 Å². The van der Waals surface area contributed by atoms with E-state index < -0.39 is 6.36 Å². The maximum atomic E-state index is 12.2. The van der Waals surface area contributed by atoms with Gasteiger partial charge in [-0.15, -0.1) is 13.2 Å². The van der Waals surface area contributed by atoms with Gasteiger partial charge >= 0.3 is 6.36 Å². The zero-order chi connectivity index (χ0) is 18.3.